The molecule has 2 aromatic heterocycles. The lowest BCUT2D eigenvalue weighted by Gasteiger charge is -2.42. The van der Waals surface area contributed by atoms with E-state index in [4.69, 9.17) is 9.16 Å². The second kappa shape index (κ2) is 9.61. The van der Waals surface area contributed by atoms with Crippen molar-refractivity contribution in [3.05, 3.63) is 65.7 Å². The summed E-state index contributed by atoms with van der Waals surface area (Å²) >= 11 is 0. The molecule has 186 valence electrons. The zero-order valence-electron chi connectivity index (χ0n) is 22.2. The standard InChI is InChI=1S/C28H38N4O2Si/c1-19(2)35(20(3)4,21(5)6)34-24-13-12-22-15-25(28(7,8)33-27(22)16-24)26-18-32(31-30-26)17-23-11-9-10-14-29-23/h9-16,18-21H,17H2,1-8H3. The Kier molecular flexibility index (Phi) is 6.91. The van der Waals surface area contributed by atoms with Crippen molar-refractivity contribution in [2.24, 2.45) is 0 Å². The molecule has 1 aliphatic rings. The van der Waals surface area contributed by atoms with Crippen LogP contribution in [0.4, 0.5) is 0 Å². The zero-order valence-corrected chi connectivity index (χ0v) is 23.2. The molecule has 0 saturated heterocycles. The molecule has 0 aliphatic carbocycles. The molecule has 0 atom stereocenters. The lowest BCUT2D eigenvalue weighted by molar-refractivity contribution is 0.169. The fourth-order valence-corrected chi connectivity index (χ4v) is 10.8. The lowest BCUT2D eigenvalue weighted by atomic mass is 9.90. The molecule has 7 heteroatoms. The molecule has 1 aliphatic heterocycles. The van der Waals surface area contributed by atoms with Crippen molar-refractivity contribution >= 4 is 20.0 Å². The first-order valence-electron chi connectivity index (χ1n) is 12.6. The number of pyridine rings is 1. The Morgan fingerprint density at radius 1 is 1.00 bits per heavy atom. The van der Waals surface area contributed by atoms with Gasteiger partial charge in [-0.3, -0.25) is 4.98 Å². The summed E-state index contributed by atoms with van der Waals surface area (Å²) in [4.78, 5) is 4.38. The van der Waals surface area contributed by atoms with Crippen LogP contribution in [0.5, 0.6) is 11.5 Å². The Balaban J connectivity index is 1.63. The lowest BCUT2D eigenvalue weighted by Crippen LogP contribution is -2.50. The molecule has 0 amide bonds. The van der Waals surface area contributed by atoms with Crippen LogP contribution >= 0.6 is 0 Å². The van der Waals surface area contributed by atoms with Crippen LogP contribution in [0.1, 0.15) is 72.3 Å². The van der Waals surface area contributed by atoms with E-state index in [1.165, 1.54) is 0 Å². The topological polar surface area (TPSA) is 62.1 Å². The van der Waals surface area contributed by atoms with Gasteiger partial charge in [0, 0.05) is 23.4 Å². The monoisotopic (exact) mass is 490 g/mol. The predicted octanol–water partition coefficient (Wildman–Crippen LogP) is 6.99. The van der Waals surface area contributed by atoms with Crippen molar-refractivity contribution in [3.8, 4) is 11.5 Å². The van der Waals surface area contributed by atoms with Gasteiger partial charge in [-0.05, 0) is 60.8 Å². The molecule has 35 heavy (non-hydrogen) atoms. The van der Waals surface area contributed by atoms with E-state index in [1.807, 2.05) is 29.1 Å². The third kappa shape index (κ3) is 4.92. The summed E-state index contributed by atoms with van der Waals surface area (Å²) in [6.45, 7) is 18.6. The van der Waals surface area contributed by atoms with Crippen LogP contribution in [0.3, 0.4) is 0 Å². The molecule has 0 spiro atoms. The quantitative estimate of drug-likeness (QED) is 0.319. The van der Waals surface area contributed by atoms with Gasteiger partial charge in [0.15, 0.2) is 0 Å². The maximum Gasteiger partial charge on any atom is 0.258 e. The maximum absolute atomic E-state index is 6.90. The third-order valence-electron chi connectivity index (χ3n) is 7.17. The predicted molar refractivity (Wildman–Crippen MR) is 144 cm³/mol. The number of hydrogen-bond acceptors (Lipinski definition) is 5. The summed E-state index contributed by atoms with van der Waals surface area (Å²) < 4.78 is 15.2. The van der Waals surface area contributed by atoms with E-state index in [2.05, 4.69) is 95.0 Å². The Hall–Kier alpha value is -2.93. The molecule has 0 saturated carbocycles. The highest BCUT2D eigenvalue weighted by molar-refractivity contribution is 6.78. The normalized spacial score (nSPS) is 15.2. The summed E-state index contributed by atoms with van der Waals surface area (Å²) in [5.41, 5.74) is 4.75. The Bertz CT molecular complexity index is 1180. The largest absolute Gasteiger partial charge is 0.543 e. The third-order valence-corrected chi connectivity index (χ3v) is 13.2. The molecule has 3 heterocycles. The summed E-state index contributed by atoms with van der Waals surface area (Å²) in [5, 5.41) is 8.77. The molecule has 0 unspecified atom stereocenters. The fourth-order valence-electron chi connectivity index (χ4n) is 5.54. The molecule has 0 radical (unpaired) electrons. The highest BCUT2D eigenvalue weighted by Gasteiger charge is 2.47. The van der Waals surface area contributed by atoms with Crippen molar-refractivity contribution in [1.29, 1.82) is 0 Å². The summed E-state index contributed by atoms with van der Waals surface area (Å²) in [7, 11) is -2.04. The van der Waals surface area contributed by atoms with Crippen LogP contribution in [0, 0.1) is 0 Å². The number of aromatic nitrogens is 4. The first-order valence-corrected chi connectivity index (χ1v) is 14.7. The Morgan fingerprint density at radius 2 is 1.71 bits per heavy atom. The van der Waals surface area contributed by atoms with Crippen LogP contribution in [-0.4, -0.2) is 33.9 Å². The molecular formula is C28H38N4O2Si. The highest BCUT2D eigenvalue weighted by Crippen LogP contribution is 2.45. The van der Waals surface area contributed by atoms with Gasteiger partial charge in [-0.1, -0.05) is 52.8 Å². The molecule has 1 aromatic carbocycles. The molecule has 3 aromatic rings. The minimum atomic E-state index is -2.04. The average Bonchev–Trinajstić information content (AvgIpc) is 3.24. The second-order valence-corrected chi connectivity index (χ2v) is 16.3. The first-order chi connectivity index (χ1) is 16.5. The first kappa shape index (κ1) is 25.2. The van der Waals surface area contributed by atoms with E-state index in [0.29, 0.717) is 23.2 Å². The number of hydrogen-bond donors (Lipinski definition) is 0. The SMILES string of the molecule is CC(C)[Si](Oc1ccc2c(c1)OC(C)(C)C(c1cn(Cc3ccccn3)nn1)=C2)(C(C)C)C(C)C. The highest BCUT2D eigenvalue weighted by atomic mass is 28.4. The minimum absolute atomic E-state index is 0.510. The van der Waals surface area contributed by atoms with E-state index in [-0.39, 0.29) is 0 Å². The maximum atomic E-state index is 6.90. The van der Waals surface area contributed by atoms with Crippen molar-refractivity contribution in [1.82, 2.24) is 20.0 Å². The molecular weight excluding hydrogens is 452 g/mol. The van der Waals surface area contributed by atoms with E-state index in [9.17, 15) is 0 Å². The zero-order chi connectivity index (χ0) is 25.4. The van der Waals surface area contributed by atoms with Crippen LogP contribution in [-0.2, 0) is 6.54 Å². The van der Waals surface area contributed by atoms with Gasteiger partial charge in [0.1, 0.15) is 22.8 Å². The minimum Gasteiger partial charge on any atom is -0.543 e. The number of nitrogens with zero attached hydrogens (tertiary/aromatic N) is 4. The summed E-state index contributed by atoms with van der Waals surface area (Å²) in [6.07, 6.45) is 5.91. The van der Waals surface area contributed by atoms with E-state index in [1.54, 1.807) is 6.20 Å². The number of ether oxygens (including phenoxy) is 1. The van der Waals surface area contributed by atoms with E-state index < -0.39 is 13.9 Å². The van der Waals surface area contributed by atoms with Gasteiger partial charge in [0.2, 0.25) is 0 Å². The summed E-state index contributed by atoms with van der Waals surface area (Å²) in [6, 6.07) is 12.1. The van der Waals surface area contributed by atoms with Gasteiger partial charge in [0.05, 0.1) is 18.4 Å². The van der Waals surface area contributed by atoms with Gasteiger partial charge in [-0.15, -0.1) is 5.10 Å². The molecule has 0 bridgehead atoms. The average molecular weight is 491 g/mol. The van der Waals surface area contributed by atoms with Crippen LogP contribution < -0.4 is 9.16 Å². The number of fused-ring (bicyclic) bond motifs is 1. The molecule has 6 nitrogen and oxygen atoms in total. The second-order valence-electron chi connectivity index (χ2n) is 10.9. The van der Waals surface area contributed by atoms with E-state index in [0.717, 1.165) is 34.0 Å². The van der Waals surface area contributed by atoms with Gasteiger partial charge in [-0.2, -0.15) is 0 Å². The Morgan fingerprint density at radius 3 is 2.34 bits per heavy atom. The molecule has 0 N–H and O–H groups in total. The number of rotatable bonds is 8. The van der Waals surface area contributed by atoms with Crippen molar-refractivity contribution in [3.63, 3.8) is 0 Å². The number of benzene rings is 1. The van der Waals surface area contributed by atoms with Gasteiger partial charge in [0.25, 0.3) is 8.32 Å². The van der Waals surface area contributed by atoms with Crippen molar-refractivity contribution in [2.75, 3.05) is 0 Å². The van der Waals surface area contributed by atoms with Gasteiger partial charge >= 0.3 is 0 Å². The van der Waals surface area contributed by atoms with Crippen LogP contribution in [0.25, 0.3) is 11.6 Å². The van der Waals surface area contributed by atoms with E-state index >= 15 is 0 Å². The molecule has 0 fully saturated rings. The fraction of sp³-hybridized carbons (Fsp3) is 0.464. The molecule has 4 rings (SSSR count). The van der Waals surface area contributed by atoms with Crippen molar-refractivity contribution < 1.29 is 9.16 Å². The Labute approximate surface area is 210 Å². The summed E-state index contributed by atoms with van der Waals surface area (Å²) in [5.74, 6) is 1.75. The van der Waals surface area contributed by atoms with Crippen molar-refractivity contribution in [2.45, 2.75) is 84.2 Å². The smallest absolute Gasteiger partial charge is 0.258 e. The van der Waals surface area contributed by atoms with Gasteiger partial charge < -0.3 is 9.16 Å². The van der Waals surface area contributed by atoms with Crippen LogP contribution in [0.15, 0.2) is 48.8 Å². The van der Waals surface area contributed by atoms with Crippen LogP contribution in [0.2, 0.25) is 16.6 Å². The van der Waals surface area contributed by atoms with Gasteiger partial charge in [-0.25, -0.2) is 4.68 Å².